The van der Waals surface area contributed by atoms with Crippen molar-refractivity contribution >= 4 is 11.9 Å². The Morgan fingerprint density at radius 3 is 2.61 bits per heavy atom. The largest absolute Gasteiger partial charge is 0.464 e. The van der Waals surface area contributed by atoms with Crippen LogP contribution in [0.5, 0.6) is 0 Å². The van der Waals surface area contributed by atoms with Gasteiger partial charge in [-0.2, -0.15) is 0 Å². The van der Waals surface area contributed by atoms with Crippen LogP contribution in [0.25, 0.3) is 0 Å². The van der Waals surface area contributed by atoms with Crippen molar-refractivity contribution in [2.24, 2.45) is 0 Å². The number of amides is 1. The highest BCUT2D eigenvalue weighted by Crippen LogP contribution is 2.07. The van der Waals surface area contributed by atoms with Crippen LogP contribution in [0.3, 0.4) is 0 Å². The fourth-order valence-electron chi connectivity index (χ4n) is 1.49. The number of aliphatic hydroxyl groups is 1. The molecule has 0 saturated heterocycles. The standard InChI is InChI=1S/C13H17NO4/c1-3-18-13(17)11(8-15)14-12(16)10-7-5-4-6-9(10)2/h4-7,11,15H,3,8H2,1-2H3,(H,14,16)/t11-/m0/s1. The van der Waals surface area contributed by atoms with E-state index in [4.69, 9.17) is 9.84 Å². The average molecular weight is 251 g/mol. The molecule has 0 aliphatic heterocycles. The highest BCUT2D eigenvalue weighted by atomic mass is 16.5. The predicted molar refractivity (Wildman–Crippen MR) is 66.2 cm³/mol. The summed E-state index contributed by atoms with van der Waals surface area (Å²) in [6.07, 6.45) is 0. The number of benzene rings is 1. The van der Waals surface area contributed by atoms with Gasteiger partial charge in [0.25, 0.3) is 5.91 Å². The molecule has 0 spiro atoms. The van der Waals surface area contributed by atoms with Gasteiger partial charge in [-0.25, -0.2) is 4.79 Å². The van der Waals surface area contributed by atoms with Crippen LogP contribution in [-0.2, 0) is 9.53 Å². The zero-order valence-corrected chi connectivity index (χ0v) is 10.5. The van der Waals surface area contributed by atoms with Crippen LogP contribution in [0.15, 0.2) is 24.3 Å². The number of aliphatic hydroxyl groups excluding tert-OH is 1. The highest BCUT2D eigenvalue weighted by molar-refractivity contribution is 5.97. The lowest BCUT2D eigenvalue weighted by Gasteiger charge is -2.15. The third kappa shape index (κ3) is 3.56. The number of esters is 1. The molecule has 0 fully saturated rings. The first-order valence-electron chi connectivity index (χ1n) is 5.74. The van der Waals surface area contributed by atoms with E-state index in [1.54, 1.807) is 32.0 Å². The Hall–Kier alpha value is -1.88. The molecule has 0 heterocycles. The van der Waals surface area contributed by atoms with E-state index in [9.17, 15) is 9.59 Å². The number of rotatable bonds is 5. The van der Waals surface area contributed by atoms with E-state index >= 15 is 0 Å². The molecule has 5 nitrogen and oxygen atoms in total. The van der Waals surface area contributed by atoms with Crippen molar-refractivity contribution in [3.8, 4) is 0 Å². The van der Waals surface area contributed by atoms with Crippen molar-refractivity contribution in [3.63, 3.8) is 0 Å². The van der Waals surface area contributed by atoms with Gasteiger partial charge in [-0.15, -0.1) is 0 Å². The Kier molecular flexibility index (Phi) is 5.32. The molecule has 0 unspecified atom stereocenters. The first-order valence-corrected chi connectivity index (χ1v) is 5.74. The van der Waals surface area contributed by atoms with Gasteiger partial charge < -0.3 is 15.2 Å². The molecule has 1 rings (SSSR count). The molecular formula is C13H17NO4. The van der Waals surface area contributed by atoms with E-state index in [1.807, 2.05) is 6.07 Å². The van der Waals surface area contributed by atoms with Crippen LogP contribution in [0.2, 0.25) is 0 Å². The third-order valence-corrected chi connectivity index (χ3v) is 2.45. The normalized spacial score (nSPS) is 11.7. The first kappa shape index (κ1) is 14.2. The Morgan fingerprint density at radius 2 is 2.06 bits per heavy atom. The smallest absolute Gasteiger partial charge is 0.331 e. The van der Waals surface area contributed by atoms with Gasteiger partial charge in [0.05, 0.1) is 13.2 Å². The van der Waals surface area contributed by atoms with Crippen LogP contribution in [0, 0.1) is 6.92 Å². The number of nitrogens with one attached hydrogen (secondary N) is 1. The summed E-state index contributed by atoms with van der Waals surface area (Å²) in [4.78, 5) is 23.3. The second-order valence-electron chi connectivity index (χ2n) is 3.78. The molecule has 98 valence electrons. The van der Waals surface area contributed by atoms with Crippen molar-refractivity contribution in [1.29, 1.82) is 0 Å². The summed E-state index contributed by atoms with van der Waals surface area (Å²) in [6.45, 7) is 3.18. The number of hydrogen-bond donors (Lipinski definition) is 2. The van der Waals surface area contributed by atoms with E-state index in [0.717, 1.165) is 5.56 Å². The second kappa shape index (κ2) is 6.76. The fraction of sp³-hybridized carbons (Fsp3) is 0.385. The van der Waals surface area contributed by atoms with Crippen LogP contribution >= 0.6 is 0 Å². The summed E-state index contributed by atoms with van der Waals surface area (Å²) in [6, 6.07) is 5.98. The molecule has 0 radical (unpaired) electrons. The molecule has 1 aromatic rings. The van der Waals surface area contributed by atoms with Crippen molar-refractivity contribution < 1.29 is 19.4 Å². The quantitative estimate of drug-likeness (QED) is 0.753. The molecule has 0 bridgehead atoms. The average Bonchev–Trinajstić information content (AvgIpc) is 2.36. The second-order valence-corrected chi connectivity index (χ2v) is 3.78. The van der Waals surface area contributed by atoms with Gasteiger partial charge in [0, 0.05) is 5.56 Å². The zero-order chi connectivity index (χ0) is 13.5. The van der Waals surface area contributed by atoms with E-state index in [0.29, 0.717) is 5.56 Å². The van der Waals surface area contributed by atoms with Crippen molar-refractivity contribution in [2.75, 3.05) is 13.2 Å². The molecule has 18 heavy (non-hydrogen) atoms. The van der Waals surface area contributed by atoms with E-state index in [1.165, 1.54) is 0 Å². The van der Waals surface area contributed by atoms with Crippen LogP contribution in [0.4, 0.5) is 0 Å². The fourth-order valence-corrected chi connectivity index (χ4v) is 1.49. The third-order valence-electron chi connectivity index (χ3n) is 2.45. The topological polar surface area (TPSA) is 75.6 Å². The summed E-state index contributed by atoms with van der Waals surface area (Å²) < 4.78 is 4.75. The van der Waals surface area contributed by atoms with Crippen LogP contribution < -0.4 is 5.32 Å². The lowest BCUT2D eigenvalue weighted by Crippen LogP contribution is -2.44. The van der Waals surface area contributed by atoms with Gasteiger partial charge in [-0.1, -0.05) is 18.2 Å². The molecular weight excluding hydrogens is 234 g/mol. The SMILES string of the molecule is CCOC(=O)[C@H](CO)NC(=O)c1ccccc1C. The number of carbonyl (C=O) groups is 2. The Morgan fingerprint density at radius 1 is 1.39 bits per heavy atom. The minimum atomic E-state index is -1.03. The Balaban J connectivity index is 2.74. The van der Waals surface area contributed by atoms with Gasteiger partial charge in [-0.05, 0) is 25.5 Å². The molecule has 0 aliphatic carbocycles. The van der Waals surface area contributed by atoms with E-state index in [-0.39, 0.29) is 6.61 Å². The minimum Gasteiger partial charge on any atom is -0.464 e. The van der Waals surface area contributed by atoms with E-state index in [2.05, 4.69) is 5.32 Å². The summed E-state index contributed by atoms with van der Waals surface area (Å²) in [5, 5.41) is 11.5. The maximum absolute atomic E-state index is 11.9. The predicted octanol–water partition coefficient (Wildman–Crippen LogP) is 0.649. The number of hydrogen-bond acceptors (Lipinski definition) is 4. The monoisotopic (exact) mass is 251 g/mol. The summed E-state index contributed by atoms with van der Waals surface area (Å²) in [5.41, 5.74) is 1.27. The molecule has 0 aromatic heterocycles. The Bertz CT molecular complexity index is 431. The first-order chi connectivity index (χ1) is 8.60. The maximum Gasteiger partial charge on any atom is 0.331 e. The number of aryl methyl sites for hydroxylation is 1. The summed E-state index contributed by atoms with van der Waals surface area (Å²) in [5.74, 6) is -1.04. The van der Waals surface area contributed by atoms with Crippen molar-refractivity contribution in [1.82, 2.24) is 5.32 Å². The molecule has 1 atom stereocenters. The van der Waals surface area contributed by atoms with Gasteiger partial charge >= 0.3 is 5.97 Å². The number of ether oxygens (including phenoxy) is 1. The Labute approximate surface area is 106 Å². The lowest BCUT2D eigenvalue weighted by molar-refractivity contribution is -0.146. The summed E-state index contributed by atoms with van der Waals surface area (Å²) >= 11 is 0. The molecule has 5 heteroatoms. The van der Waals surface area contributed by atoms with Crippen molar-refractivity contribution in [2.45, 2.75) is 19.9 Å². The summed E-state index contributed by atoms with van der Waals surface area (Å²) in [7, 11) is 0. The minimum absolute atomic E-state index is 0.204. The van der Waals surface area contributed by atoms with Gasteiger partial charge in [0.1, 0.15) is 0 Å². The molecule has 0 aliphatic rings. The van der Waals surface area contributed by atoms with Gasteiger partial charge in [-0.3, -0.25) is 4.79 Å². The van der Waals surface area contributed by atoms with Gasteiger partial charge in [0.15, 0.2) is 6.04 Å². The van der Waals surface area contributed by atoms with Crippen LogP contribution in [-0.4, -0.2) is 36.2 Å². The molecule has 0 saturated carbocycles. The van der Waals surface area contributed by atoms with Crippen LogP contribution in [0.1, 0.15) is 22.8 Å². The molecule has 1 amide bonds. The molecule has 1 aromatic carbocycles. The van der Waals surface area contributed by atoms with E-state index < -0.39 is 24.5 Å². The maximum atomic E-state index is 11.9. The molecule has 2 N–H and O–H groups in total. The lowest BCUT2D eigenvalue weighted by atomic mass is 10.1. The number of carbonyl (C=O) groups excluding carboxylic acids is 2. The zero-order valence-electron chi connectivity index (χ0n) is 10.5. The highest BCUT2D eigenvalue weighted by Gasteiger charge is 2.22. The van der Waals surface area contributed by atoms with Crippen molar-refractivity contribution in [3.05, 3.63) is 35.4 Å². The van der Waals surface area contributed by atoms with Gasteiger partial charge in [0.2, 0.25) is 0 Å².